The second-order valence-electron chi connectivity index (χ2n) is 5.67. The summed E-state index contributed by atoms with van der Waals surface area (Å²) >= 11 is 0. The van der Waals surface area contributed by atoms with Crippen LogP contribution in [0.15, 0.2) is 0 Å². The van der Waals surface area contributed by atoms with Crippen LogP contribution in [0.1, 0.15) is 47.5 Å². The number of rotatable bonds is 14. The van der Waals surface area contributed by atoms with Gasteiger partial charge in [0.15, 0.2) is 0 Å². The van der Waals surface area contributed by atoms with Gasteiger partial charge in [-0.05, 0) is 34.1 Å². The van der Waals surface area contributed by atoms with E-state index in [0.29, 0.717) is 19.8 Å². The van der Waals surface area contributed by atoms with Crippen molar-refractivity contribution in [3.05, 3.63) is 0 Å². The Balaban J connectivity index is 3.63. The van der Waals surface area contributed by atoms with Crippen LogP contribution in [0.25, 0.3) is 0 Å². The molecule has 4 unspecified atom stereocenters. The summed E-state index contributed by atoms with van der Waals surface area (Å²) in [5.41, 5.74) is 0. The lowest BCUT2D eigenvalue weighted by molar-refractivity contribution is -0.139. The minimum Gasteiger partial charge on any atom is -0.481 e. The van der Waals surface area contributed by atoms with Crippen molar-refractivity contribution >= 4 is 5.97 Å². The predicted molar refractivity (Wildman–Crippen MR) is 84.2 cm³/mol. The van der Waals surface area contributed by atoms with Gasteiger partial charge in [-0.1, -0.05) is 6.92 Å². The van der Waals surface area contributed by atoms with E-state index in [9.17, 15) is 4.79 Å². The number of carboxylic acid groups (broad SMARTS) is 1. The van der Waals surface area contributed by atoms with Crippen LogP contribution in [-0.2, 0) is 23.7 Å². The Morgan fingerprint density at radius 1 is 0.818 bits per heavy atom. The fraction of sp³-hybridized carbons (Fsp3) is 0.938. The smallest absolute Gasteiger partial charge is 0.305 e. The summed E-state index contributed by atoms with van der Waals surface area (Å²) in [4.78, 5) is 10.4. The monoisotopic (exact) mass is 320 g/mol. The van der Waals surface area contributed by atoms with E-state index in [2.05, 4.69) is 6.92 Å². The second kappa shape index (κ2) is 12.8. The lowest BCUT2D eigenvalue weighted by Crippen LogP contribution is -2.27. The zero-order valence-electron chi connectivity index (χ0n) is 14.5. The quantitative estimate of drug-likeness (QED) is 0.530. The first kappa shape index (κ1) is 21.3. The van der Waals surface area contributed by atoms with Crippen molar-refractivity contribution in [2.45, 2.75) is 71.9 Å². The van der Waals surface area contributed by atoms with Gasteiger partial charge in [0.1, 0.15) is 0 Å². The molecule has 0 aromatic heterocycles. The van der Waals surface area contributed by atoms with Crippen LogP contribution in [0.5, 0.6) is 0 Å². The lowest BCUT2D eigenvalue weighted by Gasteiger charge is -2.21. The zero-order chi connectivity index (χ0) is 17.0. The summed E-state index contributed by atoms with van der Waals surface area (Å²) in [6.45, 7) is 11.6. The molecule has 0 fully saturated rings. The molecule has 0 spiro atoms. The van der Waals surface area contributed by atoms with Gasteiger partial charge < -0.3 is 24.1 Å². The van der Waals surface area contributed by atoms with Crippen molar-refractivity contribution in [2.24, 2.45) is 0 Å². The van der Waals surface area contributed by atoms with E-state index in [-0.39, 0.29) is 37.4 Å². The molecule has 6 nitrogen and oxygen atoms in total. The van der Waals surface area contributed by atoms with E-state index in [4.69, 9.17) is 24.1 Å². The maximum Gasteiger partial charge on any atom is 0.305 e. The van der Waals surface area contributed by atoms with Gasteiger partial charge >= 0.3 is 5.97 Å². The van der Waals surface area contributed by atoms with Gasteiger partial charge in [0.25, 0.3) is 0 Å². The third-order valence-corrected chi connectivity index (χ3v) is 3.14. The summed E-state index contributed by atoms with van der Waals surface area (Å²) < 4.78 is 22.2. The fourth-order valence-electron chi connectivity index (χ4n) is 1.51. The summed E-state index contributed by atoms with van der Waals surface area (Å²) in [5.74, 6) is -0.858. The third-order valence-electron chi connectivity index (χ3n) is 3.14. The molecular weight excluding hydrogens is 288 g/mol. The molecule has 132 valence electrons. The number of hydrogen-bond donors (Lipinski definition) is 1. The molecule has 0 saturated heterocycles. The topological polar surface area (TPSA) is 74.2 Å². The van der Waals surface area contributed by atoms with Crippen molar-refractivity contribution in [3.8, 4) is 0 Å². The van der Waals surface area contributed by atoms with E-state index in [0.717, 1.165) is 6.42 Å². The fourth-order valence-corrected chi connectivity index (χ4v) is 1.51. The molecule has 0 bridgehead atoms. The molecule has 22 heavy (non-hydrogen) atoms. The van der Waals surface area contributed by atoms with Crippen LogP contribution >= 0.6 is 0 Å². The molecule has 0 aliphatic heterocycles. The van der Waals surface area contributed by atoms with Crippen molar-refractivity contribution in [1.82, 2.24) is 0 Å². The van der Waals surface area contributed by atoms with E-state index >= 15 is 0 Å². The van der Waals surface area contributed by atoms with Crippen LogP contribution in [0.2, 0.25) is 0 Å². The Kier molecular flexibility index (Phi) is 12.4. The average molecular weight is 320 g/mol. The maximum atomic E-state index is 10.4. The molecule has 0 rings (SSSR count). The van der Waals surface area contributed by atoms with Crippen molar-refractivity contribution in [1.29, 1.82) is 0 Å². The van der Waals surface area contributed by atoms with Gasteiger partial charge in [-0.2, -0.15) is 0 Å². The molecule has 0 saturated carbocycles. The summed E-state index contributed by atoms with van der Waals surface area (Å²) in [7, 11) is 0. The van der Waals surface area contributed by atoms with Gasteiger partial charge in [-0.15, -0.1) is 0 Å². The molecule has 0 aromatic rings. The molecular formula is C16H32O6. The number of carboxylic acids is 1. The van der Waals surface area contributed by atoms with Gasteiger partial charge in [0, 0.05) is 0 Å². The number of aliphatic carboxylic acids is 1. The molecule has 0 heterocycles. The number of ether oxygens (including phenoxy) is 4. The molecule has 0 aliphatic rings. The second-order valence-corrected chi connectivity index (χ2v) is 5.67. The van der Waals surface area contributed by atoms with Gasteiger partial charge in [0.2, 0.25) is 0 Å². The van der Waals surface area contributed by atoms with E-state index in [1.807, 2.05) is 27.7 Å². The summed E-state index contributed by atoms with van der Waals surface area (Å²) in [5, 5.41) is 8.52. The van der Waals surface area contributed by atoms with Crippen molar-refractivity contribution in [2.75, 3.05) is 26.4 Å². The largest absolute Gasteiger partial charge is 0.481 e. The predicted octanol–water partition coefficient (Wildman–Crippen LogP) is 2.49. The van der Waals surface area contributed by atoms with Crippen LogP contribution in [0.3, 0.4) is 0 Å². The highest BCUT2D eigenvalue weighted by Crippen LogP contribution is 2.03. The summed E-state index contributed by atoms with van der Waals surface area (Å²) in [6.07, 6.45) is 1.11. The standard InChI is InChI=1S/C16H32O6/c1-6-12(2)20-10-14(4)22-11-15(5)21-9-13(3)19-8-7-16(17)18/h12-15H,6-11H2,1-5H3,(H,17,18). The Morgan fingerprint density at radius 3 is 1.64 bits per heavy atom. The summed E-state index contributed by atoms with van der Waals surface area (Å²) in [6, 6.07) is 0. The van der Waals surface area contributed by atoms with Crippen LogP contribution in [-0.4, -0.2) is 61.9 Å². The van der Waals surface area contributed by atoms with Crippen molar-refractivity contribution < 1.29 is 28.8 Å². The zero-order valence-corrected chi connectivity index (χ0v) is 14.5. The van der Waals surface area contributed by atoms with Crippen LogP contribution < -0.4 is 0 Å². The van der Waals surface area contributed by atoms with Crippen molar-refractivity contribution in [3.63, 3.8) is 0 Å². The lowest BCUT2D eigenvalue weighted by atomic mass is 10.3. The number of carbonyl (C=O) groups is 1. The van der Waals surface area contributed by atoms with Gasteiger partial charge in [-0.25, -0.2) is 0 Å². The highest BCUT2D eigenvalue weighted by Gasteiger charge is 2.11. The first-order valence-corrected chi connectivity index (χ1v) is 8.03. The Morgan fingerprint density at radius 2 is 1.23 bits per heavy atom. The Bertz CT molecular complexity index is 284. The Hall–Kier alpha value is -0.690. The SMILES string of the molecule is CCC(C)OCC(C)OCC(C)OCC(C)OCCC(=O)O. The molecule has 0 aromatic carbocycles. The average Bonchev–Trinajstić information content (AvgIpc) is 2.47. The van der Waals surface area contributed by atoms with E-state index < -0.39 is 5.97 Å². The number of hydrogen-bond acceptors (Lipinski definition) is 5. The molecule has 4 atom stereocenters. The highest BCUT2D eigenvalue weighted by molar-refractivity contribution is 5.66. The Labute approximate surface area is 134 Å². The van der Waals surface area contributed by atoms with Crippen LogP contribution in [0.4, 0.5) is 0 Å². The molecule has 1 N–H and O–H groups in total. The van der Waals surface area contributed by atoms with Gasteiger partial charge in [-0.3, -0.25) is 4.79 Å². The van der Waals surface area contributed by atoms with Crippen LogP contribution in [0, 0.1) is 0 Å². The molecule has 0 aliphatic carbocycles. The minimum absolute atomic E-state index is 0.0106. The van der Waals surface area contributed by atoms with E-state index in [1.54, 1.807) is 0 Å². The normalized spacial score (nSPS) is 17.0. The molecule has 0 radical (unpaired) electrons. The first-order valence-electron chi connectivity index (χ1n) is 8.03. The first-order chi connectivity index (χ1) is 10.3. The third kappa shape index (κ3) is 13.0. The van der Waals surface area contributed by atoms with E-state index in [1.165, 1.54) is 0 Å². The molecule has 6 heteroatoms. The highest BCUT2D eigenvalue weighted by atomic mass is 16.6. The molecule has 0 amide bonds. The maximum absolute atomic E-state index is 10.4. The van der Waals surface area contributed by atoms with Gasteiger partial charge in [0.05, 0.1) is 57.3 Å². The minimum atomic E-state index is -0.858.